The number of primary amides is 1. The molecular weight excluding hydrogens is 1060 g/mol. The lowest BCUT2D eigenvalue weighted by molar-refractivity contribution is -0.393. The summed E-state index contributed by atoms with van der Waals surface area (Å²) in [5.41, 5.74) is 44.6. The first-order valence-electron chi connectivity index (χ1n) is 23.7. The lowest BCUT2D eigenvalue weighted by Crippen LogP contribution is -2.58. The summed E-state index contributed by atoms with van der Waals surface area (Å²) < 4.78 is 0. The largest absolute Gasteiger partial charge is 0.478 e. The Morgan fingerprint density at radius 1 is 0.716 bits per heavy atom. The van der Waals surface area contributed by atoms with Crippen molar-refractivity contribution in [2.24, 2.45) is 71.8 Å². The molecule has 0 fully saturated rings. The van der Waals surface area contributed by atoms with Crippen molar-refractivity contribution in [2.75, 3.05) is 18.1 Å². The van der Waals surface area contributed by atoms with Gasteiger partial charge in [-0.15, -0.1) is 0 Å². The molecule has 0 spiro atoms. The van der Waals surface area contributed by atoms with E-state index >= 15 is 4.79 Å². The summed E-state index contributed by atoms with van der Waals surface area (Å²) in [6, 6.07) is 4.14. The highest BCUT2D eigenvalue weighted by Crippen LogP contribution is 2.49. The molecular formula is C48H54N20O13. The number of aromatic carboxylic acids is 1. The van der Waals surface area contributed by atoms with Gasteiger partial charge in [-0.25, -0.2) is 24.8 Å². The van der Waals surface area contributed by atoms with E-state index in [-0.39, 0.29) is 17.3 Å². The smallest absolute Gasteiger partial charge is 0.338 e. The van der Waals surface area contributed by atoms with E-state index in [1.165, 1.54) is 37.3 Å². The Balaban J connectivity index is 1.38. The molecule has 33 heteroatoms. The molecule has 0 aliphatic heterocycles. The molecule has 0 radical (unpaired) electrons. The van der Waals surface area contributed by atoms with E-state index in [0.717, 1.165) is 27.2 Å². The summed E-state index contributed by atoms with van der Waals surface area (Å²) in [4.78, 5) is 134. The van der Waals surface area contributed by atoms with Crippen LogP contribution in [-0.4, -0.2) is 129 Å². The lowest BCUT2D eigenvalue weighted by atomic mass is 9.67. The van der Waals surface area contributed by atoms with Gasteiger partial charge in [0.25, 0.3) is 35.0 Å². The number of nitrogens with zero attached hydrogens (tertiary/aromatic N) is 7. The Labute approximate surface area is 457 Å². The second-order valence-corrected chi connectivity index (χ2v) is 17.8. The Bertz CT molecular complexity index is 3290. The molecule has 0 heterocycles. The van der Waals surface area contributed by atoms with Crippen LogP contribution in [0.5, 0.6) is 0 Å². The predicted octanol–water partition coefficient (Wildman–Crippen LogP) is -4.15. The zero-order chi connectivity index (χ0) is 59.6. The number of hydrogen-bond acceptors (Lipinski definition) is 17. The van der Waals surface area contributed by atoms with Crippen LogP contribution in [0.25, 0.3) is 0 Å². The van der Waals surface area contributed by atoms with Crippen molar-refractivity contribution >= 4 is 82.2 Å². The minimum absolute atomic E-state index is 0.0302. The molecule has 4 aliphatic carbocycles. The number of aliphatic imine (C=N–C) groups is 4. The molecule has 6 rings (SSSR count). The van der Waals surface area contributed by atoms with E-state index in [4.69, 9.17) is 45.9 Å². The van der Waals surface area contributed by atoms with Crippen LogP contribution in [0.1, 0.15) is 35.3 Å². The number of carboxylic acids is 1. The molecule has 7 unspecified atom stereocenters. The number of nitro groups is 2. The van der Waals surface area contributed by atoms with Crippen molar-refractivity contribution in [3.05, 3.63) is 156 Å². The maximum atomic E-state index is 15.0. The number of anilines is 1. The molecule has 2 aromatic carbocycles. The SMILES string of the molecule is CC(N)=NC(NC(=O)C(N=C(N)N)NC(=O)C(N=C(N)N)NC(=O)C(NC(=O)C(CO)N(CC1=CC2=C3C(=CC=C4C=CC=C1C43)CC=C2)c1c(C(=O)O)cc([N+](=O)[O-])cc1[N+](=O)[O-])c1ccccc1)C(=O)NC(N=C(N)N)C(N)=O. The molecule has 0 aromatic heterocycles. The van der Waals surface area contributed by atoms with Crippen LogP contribution < -0.4 is 77.4 Å². The van der Waals surface area contributed by atoms with Gasteiger partial charge in [-0.1, -0.05) is 72.9 Å². The van der Waals surface area contributed by atoms with Crippen molar-refractivity contribution in [3.63, 3.8) is 0 Å². The summed E-state index contributed by atoms with van der Waals surface area (Å²) in [5.74, 6) is -13.0. The molecule has 23 N–H and O–H groups in total. The van der Waals surface area contributed by atoms with Gasteiger partial charge in [0, 0.05) is 18.5 Å². The number of allylic oxidation sites excluding steroid dienone is 12. The predicted molar refractivity (Wildman–Crippen MR) is 290 cm³/mol. The van der Waals surface area contributed by atoms with Crippen LogP contribution in [0, 0.1) is 26.1 Å². The third kappa shape index (κ3) is 14.0. The zero-order valence-electron chi connectivity index (χ0n) is 42.5. The maximum Gasteiger partial charge on any atom is 0.338 e. The number of carbonyl (C=O) groups is 7. The summed E-state index contributed by atoms with van der Waals surface area (Å²) in [6.07, 6.45) is 7.04. The highest BCUT2D eigenvalue weighted by atomic mass is 16.6. The lowest BCUT2D eigenvalue weighted by Gasteiger charge is -2.40. The van der Waals surface area contributed by atoms with E-state index < -0.39 is 142 Å². The highest BCUT2D eigenvalue weighted by molar-refractivity contribution is 6.02. The van der Waals surface area contributed by atoms with E-state index in [1.807, 2.05) is 35.7 Å². The van der Waals surface area contributed by atoms with Crippen molar-refractivity contribution < 1.29 is 53.6 Å². The molecule has 424 valence electrons. The molecule has 0 bridgehead atoms. The normalized spacial score (nSPS) is 16.9. The third-order valence-corrected chi connectivity index (χ3v) is 12.1. The number of aliphatic hydroxyl groups excluding tert-OH is 1. The van der Waals surface area contributed by atoms with E-state index in [0.29, 0.717) is 29.7 Å². The van der Waals surface area contributed by atoms with Gasteiger partial charge < -0.3 is 87.6 Å². The van der Waals surface area contributed by atoms with Gasteiger partial charge >= 0.3 is 5.97 Å². The molecule has 2 aromatic rings. The van der Waals surface area contributed by atoms with Gasteiger partial charge in [0.2, 0.25) is 36.5 Å². The standard InChI is InChI=1S/C48H54N20O13/c1-20(49)57-37(42(73)59-36(35(50)70)63-46(51)52)61-44(75)39(65-48(55)56)62-43(74)38(64-47(53)54)60-41(72)33(23-7-3-2-4-8-23)58-40(71)30(19-69)66(34-28(45(76)77)16-26(67(78)79)17-29(34)68(80)81)18-25-15-24-11-5-9-21-13-14-22-10-6-12-27(25)32(22)31(21)24/h2-8,10-17,30,32-33,36-39,69H,9,18-19H2,1H3,(H2,49,57)(H2,50,70)(H,58,71)(H,59,73)(H,60,72)(H,61,75)(H,62,74)(H,76,77)(H4,51,52,63)(H4,53,54,64)(H4,55,56,65). The van der Waals surface area contributed by atoms with Crippen LogP contribution >= 0.6 is 0 Å². The van der Waals surface area contributed by atoms with Crippen LogP contribution in [0.2, 0.25) is 0 Å². The minimum Gasteiger partial charge on any atom is -0.478 e. The van der Waals surface area contributed by atoms with E-state index in [9.17, 15) is 59.2 Å². The first-order chi connectivity index (χ1) is 38.3. The number of hydrogen-bond donors (Lipinski definition) is 15. The second kappa shape index (κ2) is 25.3. The van der Waals surface area contributed by atoms with Gasteiger partial charge in [0.1, 0.15) is 17.8 Å². The number of carbonyl (C=O) groups excluding carboxylic acids is 6. The monoisotopic (exact) mass is 1120 g/mol. The van der Waals surface area contributed by atoms with Crippen LogP contribution in [-0.2, 0) is 28.8 Å². The summed E-state index contributed by atoms with van der Waals surface area (Å²) >= 11 is 0. The highest BCUT2D eigenvalue weighted by Gasteiger charge is 2.42. The first kappa shape index (κ1) is 59.0. The van der Waals surface area contributed by atoms with Crippen LogP contribution in [0.15, 0.2) is 144 Å². The number of nitro benzene ring substituents is 2. The first-order valence-corrected chi connectivity index (χ1v) is 23.7. The average molecular weight is 1120 g/mol. The molecule has 4 aliphatic rings. The molecule has 6 amide bonds. The summed E-state index contributed by atoms with van der Waals surface area (Å²) in [5, 5.41) is 57.7. The Kier molecular flexibility index (Phi) is 18.4. The van der Waals surface area contributed by atoms with Crippen molar-refractivity contribution in [1.82, 2.24) is 26.6 Å². The van der Waals surface area contributed by atoms with Crippen molar-refractivity contribution in [1.29, 1.82) is 0 Å². The number of amides is 6. The fourth-order valence-corrected chi connectivity index (χ4v) is 8.84. The fraction of sp³-hybridized carbons (Fsp3) is 0.229. The fourth-order valence-electron chi connectivity index (χ4n) is 8.84. The Morgan fingerprint density at radius 2 is 1.28 bits per heavy atom. The maximum absolute atomic E-state index is 15.0. The summed E-state index contributed by atoms with van der Waals surface area (Å²) in [7, 11) is 0. The van der Waals surface area contributed by atoms with Gasteiger partial charge in [-0.05, 0) is 58.4 Å². The Morgan fingerprint density at radius 3 is 1.81 bits per heavy atom. The third-order valence-electron chi connectivity index (χ3n) is 12.1. The number of benzene rings is 2. The number of amidine groups is 1. The van der Waals surface area contributed by atoms with Crippen molar-refractivity contribution in [3.8, 4) is 0 Å². The second-order valence-electron chi connectivity index (χ2n) is 17.8. The molecule has 33 nitrogen and oxygen atoms in total. The van der Waals surface area contributed by atoms with Crippen LogP contribution in [0.3, 0.4) is 0 Å². The average Bonchev–Trinajstić information content (AvgIpc) is 2.49. The number of nitrogens with two attached hydrogens (primary N) is 8. The number of rotatable bonds is 24. The minimum atomic E-state index is -2.25. The number of guanidine groups is 3. The van der Waals surface area contributed by atoms with Gasteiger partial charge in [0.15, 0.2) is 17.9 Å². The number of carboxylic acid groups (broad SMARTS) is 1. The number of non-ortho nitro benzene ring substituents is 1. The van der Waals surface area contributed by atoms with Gasteiger partial charge in [-0.2, -0.15) is 0 Å². The summed E-state index contributed by atoms with van der Waals surface area (Å²) in [6.45, 7) is -0.620. The van der Waals surface area contributed by atoms with Crippen LogP contribution in [0.4, 0.5) is 17.1 Å². The zero-order valence-corrected chi connectivity index (χ0v) is 42.5. The molecule has 0 saturated carbocycles. The topological polar surface area (TPSA) is 567 Å². The van der Waals surface area contributed by atoms with Gasteiger partial charge in [0.05, 0.1) is 33.9 Å². The molecule has 7 atom stereocenters. The van der Waals surface area contributed by atoms with Crippen molar-refractivity contribution in [2.45, 2.75) is 50.1 Å². The number of aliphatic hydroxyl groups is 1. The molecule has 81 heavy (non-hydrogen) atoms. The molecule has 0 saturated heterocycles. The Hall–Kier alpha value is -11.2. The quantitative estimate of drug-likeness (QED) is 0.0205. The van der Waals surface area contributed by atoms with Gasteiger partial charge in [-0.3, -0.25) is 49.0 Å². The van der Waals surface area contributed by atoms with E-state index in [1.54, 1.807) is 18.2 Å². The number of nitrogens with one attached hydrogen (secondary N) is 5. The van der Waals surface area contributed by atoms with E-state index in [2.05, 4.69) is 41.2 Å².